The van der Waals surface area contributed by atoms with Crippen molar-refractivity contribution in [2.45, 2.75) is 76.7 Å². The summed E-state index contributed by atoms with van der Waals surface area (Å²) in [6.45, 7) is 9.67. The molecule has 2 aromatic rings. The molecule has 4 atom stereocenters. The smallest absolute Gasteiger partial charge is 0.390 e. The monoisotopic (exact) mass is 528 g/mol. The van der Waals surface area contributed by atoms with Gasteiger partial charge in [-0.05, 0) is 51.7 Å². The van der Waals surface area contributed by atoms with Gasteiger partial charge in [0.2, 0.25) is 5.91 Å². The van der Waals surface area contributed by atoms with Crippen molar-refractivity contribution in [3.63, 3.8) is 0 Å². The van der Waals surface area contributed by atoms with Crippen LogP contribution in [0.4, 0.5) is 4.79 Å². The Morgan fingerprint density at radius 2 is 1.66 bits per heavy atom. The molecule has 2 unspecified atom stereocenters. The Hall–Kier alpha value is -2.89. The van der Waals surface area contributed by atoms with Crippen LogP contribution in [0.15, 0.2) is 29.1 Å². The number of carbonyl (C=O) groups is 2. The van der Waals surface area contributed by atoms with Gasteiger partial charge in [0.1, 0.15) is 5.52 Å². The van der Waals surface area contributed by atoms with Gasteiger partial charge in [-0.25, -0.2) is 9.59 Å². The van der Waals surface area contributed by atoms with Crippen molar-refractivity contribution < 1.29 is 19.5 Å². The second-order valence-electron chi connectivity index (χ2n) is 11.3. The Labute approximate surface area is 222 Å². The molecule has 208 valence electrons. The molecule has 0 aliphatic carbocycles. The van der Waals surface area contributed by atoms with Gasteiger partial charge in [-0.2, -0.15) is 0 Å². The number of carbonyl (C=O) groups excluding carboxylic acids is 2. The first-order chi connectivity index (χ1) is 18.2. The summed E-state index contributed by atoms with van der Waals surface area (Å²) in [5, 5.41) is 13.8. The summed E-state index contributed by atoms with van der Waals surface area (Å²) in [5.74, 6) is 0.108. The van der Waals surface area contributed by atoms with Crippen LogP contribution in [-0.2, 0) is 4.79 Å². The molecule has 0 saturated carbocycles. The van der Waals surface area contributed by atoms with Crippen LogP contribution in [0.3, 0.4) is 0 Å². The summed E-state index contributed by atoms with van der Waals surface area (Å²) in [6.07, 6.45) is 2.59. The maximum atomic E-state index is 13.0. The number of aliphatic hydroxyl groups is 1. The van der Waals surface area contributed by atoms with Crippen molar-refractivity contribution in [2.24, 2.45) is 0 Å². The maximum absolute atomic E-state index is 13.0. The largest absolute Gasteiger partial charge is 0.432 e. The van der Waals surface area contributed by atoms with Crippen LogP contribution >= 0.6 is 0 Å². The number of aromatic nitrogens is 2. The second-order valence-corrected chi connectivity index (χ2v) is 11.3. The molecule has 3 fully saturated rings. The molecule has 0 spiro atoms. The molecule has 0 radical (unpaired) electrons. The fraction of sp³-hybridized carbons (Fsp3) is 0.667. The lowest BCUT2D eigenvalue weighted by molar-refractivity contribution is -0.130. The Morgan fingerprint density at radius 1 is 1.03 bits per heavy atom. The fourth-order valence-corrected chi connectivity index (χ4v) is 6.54. The highest BCUT2D eigenvalue weighted by Gasteiger charge is 2.42. The van der Waals surface area contributed by atoms with E-state index in [-0.39, 0.29) is 23.7 Å². The predicted molar refractivity (Wildman–Crippen MR) is 143 cm³/mol. The van der Waals surface area contributed by atoms with E-state index in [0.29, 0.717) is 43.8 Å². The summed E-state index contributed by atoms with van der Waals surface area (Å²) in [7, 11) is 0. The number of hydrogen-bond acceptors (Lipinski definition) is 7. The van der Waals surface area contributed by atoms with Crippen molar-refractivity contribution in [1.82, 2.24) is 29.3 Å². The summed E-state index contributed by atoms with van der Waals surface area (Å²) < 4.78 is 2.71. The van der Waals surface area contributed by atoms with Crippen molar-refractivity contribution in [1.29, 1.82) is 0 Å². The van der Waals surface area contributed by atoms with Crippen molar-refractivity contribution >= 4 is 23.0 Å². The first-order valence-electron chi connectivity index (χ1n) is 13.8. The normalized spacial score (nSPS) is 25.2. The Morgan fingerprint density at radius 3 is 2.26 bits per heavy atom. The number of hydrogen-bond donors (Lipinski definition) is 2. The number of benzene rings is 1. The second kappa shape index (κ2) is 11.1. The molecule has 2 bridgehead atoms. The van der Waals surface area contributed by atoms with E-state index < -0.39 is 12.2 Å². The lowest BCUT2D eigenvalue weighted by Gasteiger charge is -2.41. The summed E-state index contributed by atoms with van der Waals surface area (Å²) in [4.78, 5) is 49.4. The minimum atomic E-state index is -0.624. The molecule has 11 nitrogen and oxygen atoms in total. The lowest BCUT2D eigenvalue weighted by Crippen LogP contribution is -2.55. The van der Waals surface area contributed by atoms with Crippen LogP contribution < -0.4 is 15.8 Å². The number of rotatable bonds is 7. The molecule has 2 amide bonds. The zero-order valence-electron chi connectivity index (χ0n) is 22.6. The molecule has 5 rings (SSSR count). The van der Waals surface area contributed by atoms with Gasteiger partial charge < -0.3 is 20.2 Å². The molecule has 4 heterocycles. The van der Waals surface area contributed by atoms with Gasteiger partial charge in [-0.1, -0.05) is 12.1 Å². The third-order valence-electron chi connectivity index (χ3n) is 8.34. The van der Waals surface area contributed by atoms with E-state index >= 15 is 0 Å². The number of piperidine rings is 1. The van der Waals surface area contributed by atoms with Crippen LogP contribution in [0.5, 0.6) is 0 Å². The average Bonchev–Trinajstić information content (AvgIpc) is 3.27. The standard InChI is InChI=1S/C27H40N6O5/c1-18(2)32-24-6-4-5-7-25(24)33(27(32)37)38-26(36)28-20-14-21-8-9-22(15-20)31(21)17-23(35)16-29-10-12-30(13-11-29)19(3)34/h4-7,18,20-23,35H,8-17H2,1-3H3,(H,28,36)/t20?,21-,22+,23?. The number of nitrogens with zero attached hydrogens (tertiary/aromatic N) is 5. The number of nitrogens with one attached hydrogen (secondary N) is 1. The number of piperazine rings is 1. The molecule has 11 heteroatoms. The van der Waals surface area contributed by atoms with Gasteiger partial charge >= 0.3 is 11.8 Å². The van der Waals surface area contributed by atoms with Gasteiger partial charge in [0.05, 0.1) is 11.6 Å². The number of amides is 2. The first-order valence-corrected chi connectivity index (χ1v) is 13.8. The number of aliphatic hydroxyl groups excluding tert-OH is 1. The van der Waals surface area contributed by atoms with E-state index in [1.165, 1.54) is 0 Å². The molecule has 3 saturated heterocycles. The van der Waals surface area contributed by atoms with Gasteiger partial charge in [-0.3, -0.25) is 19.2 Å². The van der Waals surface area contributed by atoms with Crippen LogP contribution in [0.1, 0.15) is 52.5 Å². The Kier molecular flexibility index (Phi) is 7.78. The number of fused-ring (bicyclic) bond motifs is 3. The van der Waals surface area contributed by atoms with E-state index in [0.717, 1.165) is 49.0 Å². The van der Waals surface area contributed by atoms with Gasteiger partial charge in [0, 0.05) is 70.4 Å². The summed E-state index contributed by atoms with van der Waals surface area (Å²) >= 11 is 0. The number of para-hydroxylation sites is 2. The lowest BCUT2D eigenvalue weighted by atomic mass is 9.97. The van der Waals surface area contributed by atoms with E-state index in [4.69, 9.17) is 4.84 Å². The minimum Gasteiger partial charge on any atom is -0.390 e. The number of imidazole rings is 1. The molecule has 3 aliphatic heterocycles. The SMILES string of the molecule is CC(=O)N1CCN(CC(O)CN2[C@@H]3CC[C@H]2CC(NC(=O)On2c(=O)n(C(C)C)c4ccccc42)C3)CC1. The van der Waals surface area contributed by atoms with Crippen LogP contribution in [0.2, 0.25) is 0 Å². The third kappa shape index (κ3) is 5.45. The molecule has 1 aromatic heterocycles. The zero-order valence-corrected chi connectivity index (χ0v) is 22.6. The van der Waals surface area contributed by atoms with Gasteiger partial charge in [0.15, 0.2) is 0 Å². The van der Waals surface area contributed by atoms with E-state index in [2.05, 4.69) is 15.1 Å². The highest BCUT2D eigenvalue weighted by molar-refractivity contribution is 5.77. The highest BCUT2D eigenvalue weighted by Crippen LogP contribution is 2.35. The minimum absolute atomic E-state index is 0.0396. The van der Waals surface area contributed by atoms with E-state index in [1.54, 1.807) is 17.6 Å². The Balaban J connectivity index is 1.14. The zero-order chi connectivity index (χ0) is 27.0. The molecular weight excluding hydrogens is 488 g/mol. The van der Waals surface area contributed by atoms with Crippen molar-refractivity contribution in [3.8, 4) is 0 Å². The Bertz CT molecular complexity index is 1200. The van der Waals surface area contributed by atoms with Crippen LogP contribution in [-0.4, -0.2) is 105 Å². The summed E-state index contributed by atoms with van der Waals surface area (Å²) in [5.41, 5.74) is 0.918. The fourth-order valence-electron chi connectivity index (χ4n) is 6.54. The van der Waals surface area contributed by atoms with Gasteiger partial charge in [-0.15, -0.1) is 4.73 Å². The van der Waals surface area contributed by atoms with Crippen molar-refractivity contribution in [3.05, 3.63) is 34.7 Å². The molecule has 1 aromatic carbocycles. The molecule has 38 heavy (non-hydrogen) atoms. The van der Waals surface area contributed by atoms with E-state index in [1.807, 2.05) is 36.9 Å². The molecular formula is C27H40N6O5. The molecule has 2 N–H and O–H groups in total. The van der Waals surface area contributed by atoms with Gasteiger partial charge in [0.25, 0.3) is 0 Å². The highest BCUT2D eigenvalue weighted by atomic mass is 16.7. The quantitative estimate of drug-likeness (QED) is 0.552. The van der Waals surface area contributed by atoms with Crippen LogP contribution in [0.25, 0.3) is 11.0 Å². The maximum Gasteiger partial charge on any atom is 0.432 e. The summed E-state index contributed by atoms with van der Waals surface area (Å²) in [6, 6.07) is 7.79. The first kappa shape index (κ1) is 26.7. The topological polar surface area (TPSA) is 112 Å². The van der Waals surface area contributed by atoms with Crippen LogP contribution in [0, 0.1) is 0 Å². The van der Waals surface area contributed by atoms with E-state index in [9.17, 15) is 19.5 Å². The molecule has 3 aliphatic rings. The average molecular weight is 529 g/mol. The third-order valence-corrected chi connectivity index (χ3v) is 8.34. The predicted octanol–water partition coefficient (Wildman–Crippen LogP) is 1.04. The number of β-amino-alcohol motifs (C(OH)–C–C–N with tert-alkyl or cyclic N) is 1. The van der Waals surface area contributed by atoms with Crippen molar-refractivity contribution in [2.75, 3.05) is 39.3 Å².